The van der Waals surface area contributed by atoms with Crippen LogP contribution in [0.1, 0.15) is 69.0 Å². The molecule has 0 unspecified atom stereocenters. The molecular formula is C29H42ClN5O5S. The molecule has 2 aliphatic carbocycles. The maximum atomic E-state index is 13.9. The Morgan fingerprint density at radius 2 is 1.78 bits per heavy atom. The van der Waals surface area contributed by atoms with Gasteiger partial charge in [-0.2, -0.15) is 0 Å². The third-order valence-corrected chi connectivity index (χ3v) is 10.9. The van der Waals surface area contributed by atoms with Gasteiger partial charge < -0.3 is 25.2 Å². The Labute approximate surface area is 250 Å². The number of rotatable bonds is 9. The molecule has 41 heavy (non-hydrogen) atoms. The first-order chi connectivity index (χ1) is 19.5. The molecule has 0 bridgehead atoms. The summed E-state index contributed by atoms with van der Waals surface area (Å²) in [5.74, 6) is -0.911. The lowest BCUT2D eigenvalue weighted by Crippen LogP contribution is -2.65. The molecule has 2 saturated heterocycles. The zero-order valence-corrected chi connectivity index (χ0v) is 26.0. The molecule has 4 aliphatic rings. The van der Waals surface area contributed by atoms with Crippen LogP contribution in [-0.4, -0.2) is 90.4 Å². The quantitative estimate of drug-likeness (QED) is 0.445. The van der Waals surface area contributed by atoms with Gasteiger partial charge >= 0.3 is 0 Å². The molecule has 1 aromatic heterocycles. The molecule has 1 aromatic rings. The zero-order chi connectivity index (χ0) is 29.5. The summed E-state index contributed by atoms with van der Waals surface area (Å²) in [5, 5.41) is 5.77. The number of ether oxygens (including phenoxy) is 1. The molecular weight excluding hydrogens is 566 g/mol. The largest absolute Gasteiger partial charge is 0.376 e. The molecule has 2 aliphatic heterocycles. The van der Waals surface area contributed by atoms with Crippen LogP contribution in [0.15, 0.2) is 5.51 Å². The van der Waals surface area contributed by atoms with E-state index < -0.39 is 23.5 Å². The van der Waals surface area contributed by atoms with Crippen LogP contribution in [0.2, 0.25) is 5.15 Å². The lowest BCUT2D eigenvalue weighted by molar-refractivity contribution is -0.152. The van der Waals surface area contributed by atoms with Gasteiger partial charge in [-0.25, -0.2) is 4.98 Å². The van der Waals surface area contributed by atoms with Crippen LogP contribution in [0, 0.1) is 28.6 Å². The van der Waals surface area contributed by atoms with Gasteiger partial charge in [-0.3, -0.25) is 19.2 Å². The Morgan fingerprint density at radius 1 is 1.12 bits per heavy atom. The minimum atomic E-state index is -0.876. The van der Waals surface area contributed by atoms with Gasteiger partial charge in [0, 0.05) is 51.2 Å². The van der Waals surface area contributed by atoms with Crippen molar-refractivity contribution in [2.45, 2.75) is 71.4 Å². The number of amides is 4. The van der Waals surface area contributed by atoms with Gasteiger partial charge in [0.2, 0.25) is 17.7 Å². The Balaban J connectivity index is 1.30. The molecule has 12 heteroatoms. The fraction of sp³-hybridized carbons (Fsp3) is 0.759. The number of carbonyl (C=O) groups is 4. The van der Waals surface area contributed by atoms with E-state index in [0.717, 1.165) is 19.3 Å². The van der Waals surface area contributed by atoms with Crippen molar-refractivity contribution in [1.29, 1.82) is 0 Å². The van der Waals surface area contributed by atoms with E-state index in [0.29, 0.717) is 37.0 Å². The van der Waals surface area contributed by atoms with Crippen molar-refractivity contribution in [2.24, 2.45) is 28.6 Å². The topological polar surface area (TPSA) is 121 Å². The first-order valence-corrected chi connectivity index (χ1v) is 16.0. The van der Waals surface area contributed by atoms with Gasteiger partial charge in [-0.15, -0.1) is 11.3 Å². The van der Waals surface area contributed by atoms with E-state index in [1.807, 2.05) is 11.8 Å². The highest BCUT2D eigenvalue weighted by Crippen LogP contribution is 2.54. The first-order valence-electron chi connectivity index (χ1n) is 14.8. The summed E-state index contributed by atoms with van der Waals surface area (Å²) in [6, 6.07) is -0.876. The summed E-state index contributed by atoms with van der Waals surface area (Å²) in [7, 11) is 1.54. The van der Waals surface area contributed by atoms with E-state index in [9.17, 15) is 19.2 Å². The Kier molecular flexibility index (Phi) is 8.70. The van der Waals surface area contributed by atoms with Crippen LogP contribution in [0.5, 0.6) is 0 Å². The maximum absolute atomic E-state index is 13.9. The zero-order valence-electron chi connectivity index (χ0n) is 24.4. The summed E-state index contributed by atoms with van der Waals surface area (Å²) in [5.41, 5.74) is 0.937. The summed E-state index contributed by atoms with van der Waals surface area (Å²) in [6.45, 7) is 7.85. The van der Waals surface area contributed by atoms with Crippen molar-refractivity contribution >= 4 is 46.6 Å². The van der Waals surface area contributed by atoms with Crippen molar-refractivity contribution in [3.05, 3.63) is 15.5 Å². The highest BCUT2D eigenvalue weighted by atomic mass is 35.5. The maximum Gasteiger partial charge on any atom is 0.267 e. The number of aromatic nitrogens is 1. The van der Waals surface area contributed by atoms with Crippen molar-refractivity contribution in [2.75, 3.05) is 39.8 Å². The minimum Gasteiger partial charge on any atom is -0.376 e. The Bertz CT molecular complexity index is 1180. The second-order valence-electron chi connectivity index (χ2n) is 13.2. The smallest absolute Gasteiger partial charge is 0.267 e. The monoisotopic (exact) mass is 607 g/mol. The number of hydrogen-bond acceptors (Lipinski definition) is 7. The van der Waals surface area contributed by atoms with E-state index in [4.69, 9.17) is 16.3 Å². The predicted octanol–water partition coefficient (Wildman–Crippen LogP) is 2.96. The Morgan fingerprint density at radius 3 is 2.37 bits per heavy atom. The van der Waals surface area contributed by atoms with Crippen LogP contribution in [0.3, 0.4) is 0 Å². The van der Waals surface area contributed by atoms with E-state index in [1.165, 1.54) is 36.1 Å². The number of nitrogens with one attached hydrogen (secondary N) is 2. The van der Waals surface area contributed by atoms with Gasteiger partial charge in [-0.05, 0) is 37.5 Å². The van der Waals surface area contributed by atoms with Crippen LogP contribution in [-0.2, 0) is 19.1 Å². The fourth-order valence-electron chi connectivity index (χ4n) is 6.84. The number of nitrogens with zero attached hydrogens (tertiary/aromatic N) is 3. The SMILES string of the molecule is CNC(=O)[C@@H](NC(=O)[C@@H]1CN(C(=O)c2scnc2Cl)CC12CN(C(=O)[C@H]1CC1(C)C)C2)[C@@H](C)OCC1CCCCC1. The van der Waals surface area contributed by atoms with E-state index in [-0.39, 0.29) is 46.7 Å². The second kappa shape index (κ2) is 11.8. The molecule has 226 valence electrons. The molecule has 4 amide bonds. The highest BCUT2D eigenvalue weighted by Gasteiger charge is 2.62. The second-order valence-corrected chi connectivity index (χ2v) is 14.4. The van der Waals surface area contributed by atoms with Crippen molar-refractivity contribution in [1.82, 2.24) is 25.4 Å². The van der Waals surface area contributed by atoms with Crippen molar-refractivity contribution in [3.8, 4) is 0 Å². The molecule has 2 N–H and O–H groups in total. The number of hydrogen-bond donors (Lipinski definition) is 2. The van der Waals surface area contributed by atoms with E-state index in [1.54, 1.807) is 11.9 Å². The number of likely N-dealkylation sites (N-methyl/N-ethyl adjacent to an activating group) is 1. The average Bonchev–Trinajstić information content (AvgIpc) is 3.24. The van der Waals surface area contributed by atoms with Gasteiger partial charge in [0.05, 0.1) is 17.5 Å². The van der Waals surface area contributed by atoms with E-state index in [2.05, 4.69) is 29.5 Å². The van der Waals surface area contributed by atoms with Gasteiger partial charge in [0.1, 0.15) is 10.9 Å². The van der Waals surface area contributed by atoms with Crippen LogP contribution in [0.25, 0.3) is 0 Å². The third-order valence-electron chi connectivity index (χ3n) is 9.72. The van der Waals surface area contributed by atoms with Crippen LogP contribution < -0.4 is 10.6 Å². The Hall–Kier alpha value is -2.24. The number of carbonyl (C=O) groups excluding carboxylic acids is 4. The van der Waals surface area contributed by atoms with Crippen molar-refractivity contribution < 1.29 is 23.9 Å². The van der Waals surface area contributed by atoms with Crippen LogP contribution >= 0.6 is 22.9 Å². The summed E-state index contributed by atoms with van der Waals surface area (Å²) in [4.78, 5) is 61.1. The first kappa shape index (κ1) is 30.2. The lowest BCUT2D eigenvalue weighted by atomic mass is 9.70. The lowest BCUT2D eigenvalue weighted by Gasteiger charge is -2.50. The molecule has 5 rings (SSSR count). The summed E-state index contributed by atoms with van der Waals surface area (Å²) < 4.78 is 6.13. The van der Waals surface area contributed by atoms with Gasteiger partial charge in [-0.1, -0.05) is 44.7 Å². The predicted molar refractivity (Wildman–Crippen MR) is 155 cm³/mol. The van der Waals surface area contributed by atoms with Gasteiger partial charge in [0.25, 0.3) is 5.91 Å². The van der Waals surface area contributed by atoms with Crippen LogP contribution in [0.4, 0.5) is 0 Å². The number of halogens is 1. The number of thiazole rings is 1. The fourth-order valence-corrected chi connectivity index (χ4v) is 7.81. The molecule has 10 nitrogen and oxygen atoms in total. The van der Waals surface area contributed by atoms with Crippen molar-refractivity contribution in [3.63, 3.8) is 0 Å². The normalized spacial score (nSPS) is 26.3. The summed E-state index contributed by atoms with van der Waals surface area (Å²) >= 11 is 7.33. The molecule has 4 atom stereocenters. The highest BCUT2D eigenvalue weighted by molar-refractivity contribution is 7.12. The molecule has 3 heterocycles. The molecule has 4 fully saturated rings. The molecule has 0 radical (unpaired) electrons. The summed E-state index contributed by atoms with van der Waals surface area (Å²) in [6.07, 6.45) is 6.22. The third kappa shape index (κ3) is 6.13. The molecule has 2 saturated carbocycles. The van der Waals surface area contributed by atoms with E-state index >= 15 is 0 Å². The molecule has 1 spiro atoms. The average molecular weight is 608 g/mol. The number of likely N-dealkylation sites (tertiary alicyclic amines) is 2. The standard InChI is InChI=1S/C29H42ClN5O5S/c1-17(40-12-18-8-6-5-7-9-18)21(25(37)31-4)33-24(36)20-11-34(27(39)22-23(30)32-16-41-22)13-29(20)14-35(15-29)26(38)19-10-28(19,2)3/h16-21H,5-15H2,1-4H3,(H,31,37)(H,33,36)/t17-,19-,20+,21+/m1/s1. The minimum absolute atomic E-state index is 0.00191. The van der Waals surface area contributed by atoms with Gasteiger partial charge in [0.15, 0.2) is 5.15 Å². The molecule has 0 aromatic carbocycles.